The van der Waals surface area contributed by atoms with E-state index in [1.807, 2.05) is 24.3 Å². The highest BCUT2D eigenvalue weighted by atomic mass is 79.9. The summed E-state index contributed by atoms with van der Waals surface area (Å²) in [6, 6.07) is 7.93. The third kappa shape index (κ3) is 1.58. The van der Waals surface area contributed by atoms with Crippen molar-refractivity contribution in [3.05, 3.63) is 34.9 Å². The maximum absolute atomic E-state index is 5.69. The SMILES string of the molecule is Nc1[nH]ncc1-c1cccc(Br)c1. The van der Waals surface area contributed by atoms with E-state index in [1.165, 1.54) is 0 Å². The second kappa shape index (κ2) is 3.22. The number of hydrogen-bond acceptors (Lipinski definition) is 2. The average molecular weight is 238 g/mol. The molecule has 0 fully saturated rings. The van der Waals surface area contributed by atoms with E-state index in [0.29, 0.717) is 5.82 Å². The van der Waals surface area contributed by atoms with Gasteiger partial charge in [0.25, 0.3) is 0 Å². The predicted molar refractivity (Wildman–Crippen MR) is 56.1 cm³/mol. The van der Waals surface area contributed by atoms with Crippen LogP contribution in [0.15, 0.2) is 34.9 Å². The van der Waals surface area contributed by atoms with E-state index in [0.717, 1.165) is 15.6 Å². The van der Waals surface area contributed by atoms with Crippen LogP contribution in [0, 0.1) is 0 Å². The van der Waals surface area contributed by atoms with Gasteiger partial charge in [-0.1, -0.05) is 28.1 Å². The van der Waals surface area contributed by atoms with Gasteiger partial charge in [0.2, 0.25) is 0 Å². The molecule has 3 N–H and O–H groups in total. The van der Waals surface area contributed by atoms with Crippen LogP contribution in [0.25, 0.3) is 11.1 Å². The second-order valence-electron chi connectivity index (χ2n) is 2.71. The zero-order valence-electron chi connectivity index (χ0n) is 6.79. The molecule has 0 spiro atoms. The van der Waals surface area contributed by atoms with Crippen molar-refractivity contribution in [2.75, 3.05) is 5.73 Å². The maximum atomic E-state index is 5.69. The van der Waals surface area contributed by atoms with Crippen molar-refractivity contribution in [1.82, 2.24) is 10.2 Å². The molecule has 0 aliphatic carbocycles. The van der Waals surface area contributed by atoms with Crippen molar-refractivity contribution >= 4 is 21.7 Å². The molecule has 0 saturated heterocycles. The summed E-state index contributed by atoms with van der Waals surface area (Å²) < 4.78 is 1.03. The summed E-state index contributed by atoms with van der Waals surface area (Å²) in [5.41, 5.74) is 7.68. The van der Waals surface area contributed by atoms with E-state index >= 15 is 0 Å². The quantitative estimate of drug-likeness (QED) is 0.801. The number of aromatic nitrogens is 2. The Morgan fingerprint density at radius 3 is 2.85 bits per heavy atom. The molecule has 0 aliphatic heterocycles. The first-order valence-corrected chi connectivity index (χ1v) is 4.61. The number of nitrogens with two attached hydrogens (primary N) is 1. The van der Waals surface area contributed by atoms with Crippen molar-refractivity contribution in [1.29, 1.82) is 0 Å². The minimum Gasteiger partial charge on any atom is -0.384 e. The normalized spacial score (nSPS) is 10.2. The van der Waals surface area contributed by atoms with Crippen LogP contribution in [0.3, 0.4) is 0 Å². The molecule has 2 aromatic rings. The van der Waals surface area contributed by atoms with E-state index in [9.17, 15) is 0 Å². The first-order chi connectivity index (χ1) is 6.27. The van der Waals surface area contributed by atoms with Crippen molar-refractivity contribution in [2.24, 2.45) is 0 Å². The van der Waals surface area contributed by atoms with Crippen LogP contribution < -0.4 is 5.73 Å². The third-order valence-corrected chi connectivity index (χ3v) is 2.30. The summed E-state index contributed by atoms with van der Waals surface area (Å²) >= 11 is 3.40. The molecule has 0 aliphatic rings. The molecule has 13 heavy (non-hydrogen) atoms. The van der Waals surface area contributed by atoms with Crippen molar-refractivity contribution < 1.29 is 0 Å². The molecule has 4 heteroatoms. The zero-order valence-corrected chi connectivity index (χ0v) is 8.38. The Hall–Kier alpha value is -1.29. The van der Waals surface area contributed by atoms with E-state index in [1.54, 1.807) is 6.20 Å². The number of rotatable bonds is 1. The van der Waals surface area contributed by atoms with Crippen LogP contribution in [0.4, 0.5) is 5.82 Å². The Bertz CT molecular complexity index is 422. The summed E-state index contributed by atoms with van der Waals surface area (Å²) in [5.74, 6) is 0.595. The lowest BCUT2D eigenvalue weighted by molar-refractivity contribution is 1.10. The van der Waals surface area contributed by atoms with Crippen LogP contribution in [0.2, 0.25) is 0 Å². The highest BCUT2D eigenvalue weighted by Gasteiger charge is 2.03. The fourth-order valence-corrected chi connectivity index (χ4v) is 1.58. The number of aromatic amines is 1. The summed E-state index contributed by atoms with van der Waals surface area (Å²) in [6.45, 7) is 0. The van der Waals surface area contributed by atoms with Gasteiger partial charge in [0.1, 0.15) is 5.82 Å². The van der Waals surface area contributed by atoms with Gasteiger partial charge in [-0.15, -0.1) is 0 Å². The number of nitrogen functional groups attached to an aromatic ring is 1. The van der Waals surface area contributed by atoms with Crippen LogP contribution in [0.1, 0.15) is 0 Å². The van der Waals surface area contributed by atoms with Gasteiger partial charge in [0.15, 0.2) is 0 Å². The minimum atomic E-state index is 0.595. The molecular weight excluding hydrogens is 230 g/mol. The minimum absolute atomic E-state index is 0.595. The fourth-order valence-electron chi connectivity index (χ4n) is 1.18. The van der Waals surface area contributed by atoms with Gasteiger partial charge in [0.05, 0.1) is 6.20 Å². The number of nitrogens with one attached hydrogen (secondary N) is 1. The number of hydrogen-bond donors (Lipinski definition) is 2. The first-order valence-electron chi connectivity index (χ1n) is 3.82. The van der Waals surface area contributed by atoms with Crippen LogP contribution >= 0.6 is 15.9 Å². The highest BCUT2D eigenvalue weighted by Crippen LogP contribution is 2.25. The summed E-state index contributed by atoms with van der Waals surface area (Å²) in [6.07, 6.45) is 1.72. The molecular formula is C9H8BrN3. The molecule has 0 saturated carbocycles. The maximum Gasteiger partial charge on any atom is 0.126 e. The molecule has 1 heterocycles. The summed E-state index contributed by atoms with van der Waals surface area (Å²) in [5, 5.41) is 6.56. The molecule has 0 amide bonds. The van der Waals surface area contributed by atoms with Gasteiger partial charge < -0.3 is 5.73 Å². The molecule has 0 bridgehead atoms. The molecule has 1 aromatic carbocycles. The third-order valence-electron chi connectivity index (χ3n) is 1.80. The lowest BCUT2D eigenvalue weighted by Crippen LogP contribution is -1.87. The number of anilines is 1. The number of benzene rings is 1. The smallest absolute Gasteiger partial charge is 0.126 e. The van der Waals surface area contributed by atoms with Gasteiger partial charge in [-0.2, -0.15) is 5.10 Å². The van der Waals surface area contributed by atoms with Crippen molar-refractivity contribution in [3.8, 4) is 11.1 Å². The Morgan fingerprint density at radius 2 is 2.23 bits per heavy atom. The molecule has 0 radical (unpaired) electrons. The molecule has 3 nitrogen and oxygen atoms in total. The Labute approximate surface area is 84.1 Å². The Morgan fingerprint density at radius 1 is 1.38 bits per heavy atom. The van der Waals surface area contributed by atoms with Crippen LogP contribution in [0.5, 0.6) is 0 Å². The molecule has 2 rings (SSSR count). The number of nitrogens with zero attached hydrogens (tertiary/aromatic N) is 1. The van der Waals surface area contributed by atoms with Gasteiger partial charge >= 0.3 is 0 Å². The zero-order chi connectivity index (χ0) is 9.26. The van der Waals surface area contributed by atoms with E-state index in [-0.39, 0.29) is 0 Å². The molecule has 1 aromatic heterocycles. The first kappa shape index (κ1) is 8.31. The van der Waals surface area contributed by atoms with Gasteiger partial charge in [-0.3, -0.25) is 5.10 Å². The summed E-state index contributed by atoms with van der Waals surface area (Å²) in [4.78, 5) is 0. The van der Waals surface area contributed by atoms with Crippen molar-refractivity contribution in [2.45, 2.75) is 0 Å². The standard InChI is InChI=1S/C9H8BrN3/c10-7-3-1-2-6(4-7)8-5-12-13-9(8)11/h1-5H,(H3,11,12,13). The second-order valence-corrected chi connectivity index (χ2v) is 3.62. The van der Waals surface area contributed by atoms with E-state index in [2.05, 4.69) is 26.1 Å². The van der Waals surface area contributed by atoms with Crippen LogP contribution in [-0.2, 0) is 0 Å². The Balaban J connectivity index is 2.53. The number of halogens is 1. The number of H-pyrrole nitrogens is 1. The van der Waals surface area contributed by atoms with Gasteiger partial charge in [-0.25, -0.2) is 0 Å². The topological polar surface area (TPSA) is 54.7 Å². The molecule has 66 valence electrons. The lowest BCUT2D eigenvalue weighted by atomic mass is 10.1. The monoisotopic (exact) mass is 237 g/mol. The van der Waals surface area contributed by atoms with Gasteiger partial charge in [-0.05, 0) is 17.7 Å². The van der Waals surface area contributed by atoms with E-state index < -0.39 is 0 Å². The summed E-state index contributed by atoms with van der Waals surface area (Å²) in [7, 11) is 0. The van der Waals surface area contributed by atoms with Gasteiger partial charge in [0, 0.05) is 10.0 Å². The molecule has 0 atom stereocenters. The fraction of sp³-hybridized carbons (Fsp3) is 0. The molecule has 0 unspecified atom stereocenters. The largest absolute Gasteiger partial charge is 0.384 e. The lowest BCUT2D eigenvalue weighted by Gasteiger charge is -1.98. The van der Waals surface area contributed by atoms with Crippen molar-refractivity contribution in [3.63, 3.8) is 0 Å². The van der Waals surface area contributed by atoms with Crippen LogP contribution in [-0.4, -0.2) is 10.2 Å². The highest BCUT2D eigenvalue weighted by molar-refractivity contribution is 9.10. The Kier molecular flexibility index (Phi) is 2.06. The average Bonchev–Trinajstić information content (AvgIpc) is 2.51. The van der Waals surface area contributed by atoms with E-state index in [4.69, 9.17) is 5.73 Å². The predicted octanol–water partition coefficient (Wildman–Crippen LogP) is 2.42.